The van der Waals surface area contributed by atoms with Crippen LogP contribution in [0.4, 0.5) is 0 Å². The Morgan fingerprint density at radius 1 is 0.295 bits per heavy atom. The van der Waals surface area contributed by atoms with Crippen molar-refractivity contribution in [1.29, 1.82) is 0 Å². The van der Waals surface area contributed by atoms with Crippen molar-refractivity contribution in [3.05, 3.63) is 117 Å². The van der Waals surface area contributed by atoms with Crippen molar-refractivity contribution in [2.45, 2.75) is 45.3 Å². The number of hydrogen-bond acceptors (Lipinski definition) is 8. The van der Waals surface area contributed by atoms with Crippen molar-refractivity contribution < 1.29 is 51.9 Å². The second-order valence-corrected chi connectivity index (χ2v) is 16.2. The summed E-state index contributed by atoms with van der Waals surface area (Å²) in [4.78, 5) is -1.85. The van der Waals surface area contributed by atoms with E-state index in [0.29, 0.717) is 44.5 Å². The van der Waals surface area contributed by atoms with Gasteiger partial charge in [0, 0.05) is 0 Å². The summed E-state index contributed by atoms with van der Waals surface area (Å²) in [5, 5.41) is 0. The van der Waals surface area contributed by atoms with Gasteiger partial charge in [-0.3, -0.25) is 18.2 Å². The third-order valence-corrected chi connectivity index (χ3v) is 10.3. The molecule has 0 saturated carbocycles. The molecule has 0 heterocycles. The predicted molar refractivity (Wildman–Crippen MR) is 156 cm³/mol. The van der Waals surface area contributed by atoms with Crippen LogP contribution in [0.1, 0.15) is 44.5 Å². The van der Waals surface area contributed by atoms with E-state index in [0.717, 1.165) is 0 Å². The van der Waals surface area contributed by atoms with Crippen LogP contribution >= 0.6 is 0 Å². The molecule has 0 amide bonds. The minimum atomic E-state index is -4.71. The van der Waals surface area contributed by atoms with Gasteiger partial charge in [0.25, 0.3) is 40.5 Å². The van der Waals surface area contributed by atoms with Crippen molar-refractivity contribution in [2.24, 2.45) is 0 Å². The summed E-state index contributed by atoms with van der Waals surface area (Å²) in [6, 6.07) is 15.8. The molecule has 4 aromatic rings. The first-order valence-electron chi connectivity index (χ1n) is 12.6. The fourth-order valence-electron chi connectivity index (χ4n) is 5.27. The van der Waals surface area contributed by atoms with Gasteiger partial charge in [-0.15, -0.1) is 0 Å². The third-order valence-electron chi connectivity index (χ3n) is 6.93. The SMILES string of the molecule is O=S(=O)(O)c1cc2cc(c1)Cc1cc(cc(S(=O)(=O)O)c1)Cc1cc(cc(S(=O)(=O)O)c1)Cc1cc(cc(S(=O)(=O)O)c1)C2. The molecule has 0 fully saturated rings. The van der Waals surface area contributed by atoms with Gasteiger partial charge >= 0.3 is 0 Å². The van der Waals surface area contributed by atoms with E-state index in [1.165, 1.54) is 48.5 Å². The van der Waals surface area contributed by atoms with Gasteiger partial charge in [-0.25, -0.2) is 0 Å². The fourth-order valence-corrected chi connectivity index (χ4v) is 7.67. The normalized spacial score (nSPS) is 14.3. The van der Waals surface area contributed by atoms with E-state index < -0.39 is 60.1 Å². The third kappa shape index (κ3) is 7.59. The maximum Gasteiger partial charge on any atom is 0.294 e. The first-order valence-corrected chi connectivity index (χ1v) is 18.4. The van der Waals surface area contributed by atoms with Crippen molar-refractivity contribution in [3.8, 4) is 0 Å². The van der Waals surface area contributed by atoms with Crippen LogP contribution in [0.25, 0.3) is 0 Å². The lowest BCUT2D eigenvalue weighted by atomic mass is 9.94. The highest BCUT2D eigenvalue weighted by molar-refractivity contribution is 7.86. The number of rotatable bonds is 4. The smallest absolute Gasteiger partial charge is 0.282 e. The molecule has 0 saturated heterocycles. The Kier molecular flexibility index (Phi) is 8.09. The van der Waals surface area contributed by atoms with E-state index in [1.807, 2.05) is 0 Å². The Balaban J connectivity index is 1.81. The van der Waals surface area contributed by atoms with Crippen LogP contribution in [-0.2, 0) is 66.2 Å². The molecule has 0 aromatic heterocycles. The van der Waals surface area contributed by atoms with E-state index >= 15 is 0 Å². The van der Waals surface area contributed by atoms with E-state index in [1.54, 1.807) is 24.3 Å². The van der Waals surface area contributed by atoms with E-state index in [4.69, 9.17) is 0 Å². The van der Waals surface area contributed by atoms with Crippen molar-refractivity contribution >= 4 is 40.5 Å². The topological polar surface area (TPSA) is 217 Å². The van der Waals surface area contributed by atoms with Gasteiger partial charge < -0.3 is 0 Å². The van der Waals surface area contributed by atoms with E-state index in [-0.39, 0.29) is 25.7 Å². The molecule has 0 aliphatic heterocycles. The summed E-state index contributed by atoms with van der Waals surface area (Å²) in [7, 11) is -18.8. The fraction of sp³-hybridized carbons (Fsp3) is 0.143. The average molecular weight is 681 g/mol. The second kappa shape index (κ2) is 11.1. The zero-order valence-electron chi connectivity index (χ0n) is 22.4. The van der Waals surface area contributed by atoms with E-state index in [9.17, 15) is 51.9 Å². The molecule has 0 radical (unpaired) electrons. The summed E-state index contributed by atoms with van der Waals surface area (Å²) in [6.45, 7) is 0. The van der Waals surface area contributed by atoms with Crippen molar-refractivity contribution in [2.75, 3.05) is 0 Å². The molecule has 8 bridgehead atoms. The van der Waals surface area contributed by atoms with Crippen molar-refractivity contribution in [3.63, 3.8) is 0 Å². The van der Waals surface area contributed by atoms with Gasteiger partial charge in [0.1, 0.15) is 0 Å². The highest BCUT2D eigenvalue weighted by Crippen LogP contribution is 2.28. The maximum absolute atomic E-state index is 12.1. The van der Waals surface area contributed by atoms with Gasteiger partial charge in [0.2, 0.25) is 0 Å². The second-order valence-electron chi connectivity index (χ2n) is 10.5. The molecular formula is C28H24O12S4. The highest BCUT2D eigenvalue weighted by Gasteiger charge is 2.20. The molecule has 0 unspecified atom stereocenters. The Morgan fingerprint density at radius 2 is 0.432 bits per heavy atom. The summed E-state index contributed by atoms with van der Waals surface area (Å²) < 4.78 is 136. The van der Waals surface area contributed by atoms with Gasteiger partial charge in [0.15, 0.2) is 0 Å². The predicted octanol–water partition coefficient (Wildman–Crippen LogP) is 3.35. The zero-order chi connectivity index (χ0) is 32.2. The van der Waals surface area contributed by atoms with Crippen molar-refractivity contribution in [1.82, 2.24) is 0 Å². The van der Waals surface area contributed by atoms with Crippen LogP contribution in [0.2, 0.25) is 0 Å². The van der Waals surface area contributed by atoms with Crippen LogP contribution in [0.5, 0.6) is 0 Å². The van der Waals surface area contributed by atoms with E-state index in [2.05, 4.69) is 0 Å². The lowest BCUT2D eigenvalue weighted by Gasteiger charge is -2.15. The number of benzene rings is 4. The lowest BCUT2D eigenvalue weighted by molar-refractivity contribution is 0.480. The molecule has 0 spiro atoms. The van der Waals surface area contributed by atoms with Crippen LogP contribution in [0.3, 0.4) is 0 Å². The Bertz CT molecular complexity index is 1870. The summed E-state index contributed by atoms with van der Waals surface area (Å²) in [5.41, 5.74) is 2.57. The molecule has 4 N–H and O–H groups in total. The lowest BCUT2D eigenvalue weighted by Crippen LogP contribution is -2.07. The first kappa shape index (κ1) is 31.9. The molecule has 1 aliphatic rings. The summed E-state index contributed by atoms with van der Waals surface area (Å²) in [5.74, 6) is 0. The number of hydrogen-bond donors (Lipinski definition) is 4. The van der Waals surface area contributed by atoms with Gasteiger partial charge in [-0.1, -0.05) is 24.3 Å². The average Bonchev–Trinajstić information content (AvgIpc) is 2.85. The van der Waals surface area contributed by atoms with Crippen LogP contribution in [-0.4, -0.2) is 51.9 Å². The maximum atomic E-state index is 12.1. The Hall–Kier alpha value is -3.48. The summed E-state index contributed by atoms with van der Waals surface area (Å²) >= 11 is 0. The highest BCUT2D eigenvalue weighted by atomic mass is 32.2. The first-order chi connectivity index (χ1) is 20.2. The monoisotopic (exact) mass is 680 g/mol. The van der Waals surface area contributed by atoms with Gasteiger partial charge in [-0.2, -0.15) is 33.7 Å². The minimum Gasteiger partial charge on any atom is -0.282 e. The molecule has 232 valence electrons. The Morgan fingerprint density at radius 3 is 0.545 bits per heavy atom. The molecule has 44 heavy (non-hydrogen) atoms. The largest absolute Gasteiger partial charge is 0.294 e. The van der Waals surface area contributed by atoms with Crippen LogP contribution in [0, 0.1) is 0 Å². The molecule has 16 heteroatoms. The van der Waals surface area contributed by atoms with Gasteiger partial charge in [0.05, 0.1) is 19.6 Å². The molecule has 5 rings (SSSR count). The molecule has 12 nitrogen and oxygen atoms in total. The van der Waals surface area contributed by atoms with Crippen LogP contribution < -0.4 is 0 Å². The molecular weight excluding hydrogens is 657 g/mol. The molecule has 1 aliphatic carbocycles. The quantitative estimate of drug-likeness (QED) is 0.201. The minimum absolute atomic E-state index is 0.0701. The zero-order valence-corrected chi connectivity index (χ0v) is 25.7. The number of fused-ring (bicyclic) bond motifs is 8. The molecule has 0 atom stereocenters. The summed E-state index contributed by atoms with van der Waals surface area (Å²) in [6.07, 6.45) is -0.280. The standard InChI is InChI=1S/C28H24O12S4/c29-41(30,31)25-9-17-1-18(10-25)6-20-3-22(14-27(12-20)43(35,36)37)8-24-4-23(15-28(16-24)44(38,39)40)7-21-2-19(5-17)11-26(13-21)42(32,33)34/h1-4,9-16H,5-8H2,(H,29,30,31)(H,32,33,34)(H,35,36,37)(H,38,39,40). The van der Waals surface area contributed by atoms with Gasteiger partial charge in [-0.05, 0) is 119 Å². The van der Waals surface area contributed by atoms with Crippen LogP contribution in [0.15, 0.2) is 92.4 Å². The molecule has 4 aromatic carbocycles. The Labute approximate surface area is 254 Å².